The van der Waals surface area contributed by atoms with Gasteiger partial charge in [-0.05, 0) is 158 Å². The van der Waals surface area contributed by atoms with Gasteiger partial charge in [0.2, 0.25) is 0 Å². The second kappa shape index (κ2) is 17.3. The van der Waals surface area contributed by atoms with Gasteiger partial charge in [0, 0.05) is 67.1 Å². The van der Waals surface area contributed by atoms with Gasteiger partial charge < -0.3 is 18.9 Å². The van der Waals surface area contributed by atoms with Crippen molar-refractivity contribution in [2.45, 2.75) is 6.92 Å². The average molecular weight is 871 g/mol. The molecule has 0 fully saturated rings. The monoisotopic (exact) mass is 870 g/mol. The fraction of sp³-hybridized carbons (Fsp3) is 0.0164. The van der Waals surface area contributed by atoms with Crippen LogP contribution in [0.3, 0.4) is 0 Å². The number of hydrogen-bond acceptors (Lipinski definition) is 2. The molecule has 11 aromatic rings. The number of halogens is 2. The Labute approximate surface area is 388 Å². The highest BCUT2D eigenvalue weighted by Gasteiger charge is 2.20. The van der Waals surface area contributed by atoms with E-state index in [0.29, 0.717) is 0 Å². The largest absolute Gasteiger partial charge is 0.313 e. The van der Waals surface area contributed by atoms with Crippen LogP contribution in [0.4, 0.5) is 42.9 Å². The maximum atomic E-state index is 14.4. The summed E-state index contributed by atoms with van der Waals surface area (Å²) in [6.07, 6.45) is 7.79. The number of nitrogens with zero attached hydrogens (tertiary/aromatic N) is 4. The molecule has 11 rings (SSSR count). The van der Waals surface area contributed by atoms with Crippen LogP contribution in [0, 0.1) is 11.6 Å². The minimum atomic E-state index is -0.289. The smallest absolute Gasteiger partial charge is 0.123 e. The summed E-state index contributed by atoms with van der Waals surface area (Å²) in [5, 5.41) is 4.54. The van der Waals surface area contributed by atoms with E-state index in [0.717, 1.165) is 100 Å². The number of hydrogen-bond donors (Lipinski definition) is 0. The van der Waals surface area contributed by atoms with Crippen molar-refractivity contribution in [2.24, 2.45) is 0 Å². The summed E-state index contributed by atoms with van der Waals surface area (Å²) in [6, 6.07) is 70.7. The zero-order chi connectivity index (χ0) is 45.4. The van der Waals surface area contributed by atoms with E-state index < -0.39 is 0 Å². The number of allylic oxidation sites excluding steroid dienone is 5. The van der Waals surface area contributed by atoms with Gasteiger partial charge in [0.25, 0.3) is 0 Å². The number of para-hydroxylation sites is 3. The number of rotatable bonds is 11. The molecular weight excluding hydrogens is 827 g/mol. The molecule has 0 unspecified atom stereocenters. The van der Waals surface area contributed by atoms with Crippen LogP contribution in [-0.2, 0) is 0 Å². The summed E-state index contributed by atoms with van der Waals surface area (Å²) in [6.45, 7) is 5.93. The summed E-state index contributed by atoms with van der Waals surface area (Å²) in [7, 11) is 0. The van der Waals surface area contributed by atoms with Crippen LogP contribution < -0.4 is 9.80 Å². The number of anilines is 6. The van der Waals surface area contributed by atoms with Crippen molar-refractivity contribution in [3.05, 3.63) is 255 Å². The second-order valence-electron chi connectivity index (χ2n) is 16.6. The lowest BCUT2D eigenvalue weighted by Crippen LogP contribution is -2.10. The summed E-state index contributed by atoms with van der Waals surface area (Å²) in [5.74, 6) is -0.575. The summed E-state index contributed by atoms with van der Waals surface area (Å²) in [4.78, 5) is 4.34. The Hall–Kier alpha value is -8.74. The van der Waals surface area contributed by atoms with Crippen LogP contribution >= 0.6 is 0 Å². The Morgan fingerprint density at radius 3 is 1.36 bits per heavy atom. The van der Waals surface area contributed by atoms with Crippen molar-refractivity contribution in [1.29, 1.82) is 0 Å². The molecule has 0 atom stereocenters. The van der Waals surface area contributed by atoms with Gasteiger partial charge >= 0.3 is 0 Å². The lowest BCUT2D eigenvalue weighted by molar-refractivity contribution is 0.627. The molecule has 2 aromatic heterocycles. The van der Waals surface area contributed by atoms with Gasteiger partial charge in [-0.25, -0.2) is 8.78 Å². The minimum absolute atomic E-state index is 0.286. The van der Waals surface area contributed by atoms with Crippen molar-refractivity contribution in [3.63, 3.8) is 0 Å². The number of benzene rings is 9. The Balaban J connectivity index is 0.956. The molecule has 67 heavy (non-hydrogen) atoms. The molecule has 0 aliphatic heterocycles. The second-order valence-corrected chi connectivity index (χ2v) is 16.6. The molecule has 0 saturated carbocycles. The molecule has 4 nitrogen and oxygen atoms in total. The zero-order valence-electron chi connectivity index (χ0n) is 36.8. The first kappa shape index (κ1) is 41.0. The first-order valence-corrected chi connectivity index (χ1v) is 22.3. The van der Waals surface area contributed by atoms with Crippen molar-refractivity contribution in [1.82, 2.24) is 9.13 Å². The van der Waals surface area contributed by atoms with Crippen LogP contribution in [0.1, 0.15) is 6.92 Å². The van der Waals surface area contributed by atoms with Crippen molar-refractivity contribution in [2.75, 3.05) is 9.80 Å². The normalized spacial score (nSPS) is 11.9. The van der Waals surface area contributed by atoms with Gasteiger partial charge in [0.15, 0.2) is 0 Å². The van der Waals surface area contributed by atoms with Crippen LogP contribution in [0.25, 0.3) is 66.1 Å². The van der Waals surface area contributed by atoms with Gasteiger partial charge in [-0.3, -0.25) is 0 Å². The van der Waals surface area contributed by atoms with Crippen LogP contribution in [-0.4, -0.2) is 9.13 Å². The third-order valence-corrected chi connectivity index (χ3v) is 12.5. The van der Waals surface area contributed by atoms with E-state index in [4.69, 9.17) is 0 Å². The molecular formula is C61H44F2N4. The Kier molecular flexibility index (Phi) is 10.6. The Bertz CT molecular complexity index is 3660. The molecule has 0 saturated heterocycles. The van der Waals surface area contributed by atoms with E-state index >= 15 is 0 Å². The highest BCUT2D eigenvalue weighted by Crippen LogP contribution is 2.43. The summed E-state index contributed by atoms with van der Waals surface area (Å²) < 4.78 is 33.3. The highest BCUT2D eigenvalue weighted by atomic mass is 19.1. The fourth-order valence-electron chi connectivity index (χ4n) is 9.46. The van der Waals surface area contributed by atoms with Crippen molar-refractivity contribution >= 4 is 83.4 Å². The van der Waals surface area contributed by atoms with E-state index in [-0.39, 0.29) is 11.6 Å². The molecule has 0 N–H and O–H groups in total. The number of aromatic nitrogens is 2. The first-order valence-electron chi connectivity index (χ1n) is 22.3. The molecule has 0 bridgehead atoms. The van der Waals surface area contributed by atoms with E-state index in [1.807, 2.05) is 42.5 Å². The zero-order valence-corrected chi connectivity index (χ0v) is 36.8. The fourth-order valence-corrected chi connectivity index (χ4v) is 9.46. The molecule has 322 valence electrons. The predicted octanol–water partition coefficient (Wildman–Crippen LogP) is 17.4. The van der Waals surface area contributed by atoms with Gasteiger partial charge in [0.05, 0.1) is 22.1 Å². The molecule has 0 amide bonds. The van der Waals surface area contributed by atoms with E-state index in [1.54, 1.807) is 6.08 Å². The first-order chi connectivity index (χ1) is 32.9. The van der Waals surface area contributed by atoms with E-state index in [1.165, 1.54) is 24.3 Å². The quantitative estimate of drug-likeness (QED) is 0.120. The lowest BCUT2D eigenvalue weighted by Gasteiger charge is -2.26. The van der Waals surface area contributed by atoms with Crippen LogP contribution in [0.15, 0.2) is 243 Å². The summed E-state index contributed by atoms with van der Waals surface area (Å²) >= 11 is 0. The Morgan fingerprint density at radius 2 is 0.821 bits per heavy atom. The molecule has 2 heterocycles. The third kappa shape index (κ3) is 7.54. The maximum absolute atomic E-state index is 14.4. The maximum Gasteiger partial charge on any atom is 0.123 e. The van der Waals surface area contributed by atoms with E-state index in [9.17, 15) is 8.78 Å². The van der Waals surface area contributed by atoms with Gasteiger partial charge in [-0.15, -0.1) is 0 Å². The van der Waals surface area contributed by atoms with Gasteiger partial charge in [-0.1, -0.05) is 104 Å². The van der Waals surface area contributed by atoms with Crippen molar-refractivity contribution in [3.8, 4) is 16.8 Å². The number of fused-ring (bicyclic) bond motifs is 6. The topological polar surface area (TPSA) is 16.3 Å². The molecule has 0 aliphatic rings. The van der Waals surface area contributed by atoms with Gasteiger partial charge in [0.1, 0.15) is 11.6 Å². The molecule has 6 heteroatoms. The molecule has 0 radical (unpaired) electrons. The molecule has 0 spiro atoms. The summed E-state index contributed by atoms with van der Waals surface area (Å²) in [5.41, 5.74) is 14.2. The van der Waals surface area contributed by atoms with Crippen LogP contribution in [0.5, 0.6) is 0 Å². The van der Waals surface area contributed by atoms with E-state index in [2.05, 4.69) is 196 Å². The SMILES string of the molecule is C=C/C=C\C=C(/C)n1c2ccccc2c2cc(N(c3ccc(F)cc3)c3ccc(-c4ccc(N(c5ccc(F)cc5)c5ccc6c(c5)c5ccccc5n6-c5ccccc5)cc4)cc3)ccc21. The lowest BCUT2D eigenvalue weighted by atomic mass is 10.0. The standard InChI is InChI=1S/C61H44F2N4/c1-3-4-6-13-42(2)64-58-18-11-9-16-54(58)56-40-52(36-38-60(56)64)65(50-32-24-45(62)25-33-50)48-28-20-43(21-29-48)44-22-30-49(31-23-44)66(51-34-26-46(63)27-35-51)53-37-39-61-57(41-53)55-17-10-12-19-59(55)67(61)47-14-7-5-8-15-47/h3-41H,1H2,2H3/b6-4-,42-13+. The molecule has 9 aromatic carbocycles. The Morgan fingerprint density at radius 1 is 0.418 bits per heavy atom. The highest BCUT2D eigenvalue weighted by molar-refractivity contribution is 6.12. The molecule has 0 aliphatic carbocycles. The third-order valence-electron chi connectivity index (χ3n) is 12.5. The average Bonchev–Trinajstić information content (AvgIpc) is 3.88. The minimum Gasteiger partial charge on any atom is -0.313 e. The van der Waals surface area contributed by atoms with Crippen LogP contribution in [0.2, 0.25) is 0 Å². The van der Waals surface area contributed by atoms with Crippen molar-refractivity contribution < 1.29 is 8.78 Å². The van der Waals surface area contributed by atoms with Gasteiger partial charge in [-0.2, -0.15) is 0 Å². The predicted molar refractivity (Wildman–Crippen MR) is 278 cm³/mol.